The second kappa shape index (κ2) is 8.77. The lowest BCUT2D eigenvalue weighted by molar-refractivity contribution is -0.385. The molecule has 33 heavy (non-hydrogen) atoms. The zero-order chi connectivity index (χ0) is 23.7. The molecule has 2 fully saturated rings. The van der Waals surface area contributed by atoms with E-state index < -0.39 is 39.4 Å². The Bertz CT molecular complexity index is 1120. The van der Waals surface area contributed by atoms with Gasteiger partial charge in [0.05, 0.1) is 28.2 Å². The van der Waals surface area contributed by atoms with Crippen molar-refractivity contribution in [1.82, 2.24) is 10.0 Å². The maximum Gasteiger partial charge on any atom is 0.273 e. The molecule has 1 aliphatic carbocycles. The molecule has 4 rings (SSSR count). The number of fused-ring (bicyclic) bond motifs is 1. The minimum absolute atomic E-state index is 0.0541. The van der Waals surface area contributed by atoms with E-state index in [1.165, 1.54) is 42.5 Å². The third kappa shape index (κ3) is 4.16. The molecule has 1 saturated carbocycles. The number of benzene rings is 2. The first kappa shape index (κ1) is 22.1. The van der Waals surface area contributed by atoms with Gasteiger partial charge in [0.2, 0.25) is 0 Å². The predicted molar refractivity (Wildman–Crippen MR) is 113 cm³/mol. The largest absolute Gasteiger partial charge is 0.273 e. The second-order valence-electron chi connectivity index (χ2n) is 8.08. The van der Waals surface area contributed by atoms with Gasteiger partial charge in [0.15, 0.2) is 0 Å². The summed E-state index contributed by atoms with van der Waals surface area (Å²) >= 11 is 0. The van der Waals surface area contributed by atoms with E-state index in [2.05, 4.69) is 0 Å². The zero-order valence-electron chi connectivity index (χ0n) is 17.5. The normalized spacial score (nSPS) is 19.8. The number of rotatable bonds is 6. The van der Waals surface area contributed by atoms with E-state index in [0.29, 0.717) is 18.4 Å². The number of non-ortho nitro benzene ring substituents is 2. The van der Waals surface area contributed by atoms with Crippen molar-refractivity contribution < 1.29 is 24.2 Å². The third-order valence-electron chi connectivity index (χ3n) is 6.08. The monoisotopic (exact) mass is 452 g/mol. The summed E-state index contributed by atoms with van der Waals surface area (Å²) in [4.78, 5) is 60.6. The molecule has 0 bridgehead atoms. The first-order valence-corrected chi connectivity index (χ1v) is 10.5. The van der Waals surface area contributed by atoms with Crippen LogP contribution in [-0.2, 0) is 16.1 Å². The highest BCUT2D eigenvalue weighted by Gasteiger charge is 2.51. The summed E-state index contributed by atoms with van der Waals surface area (Å²) in [5.41, 5.74) is -0.0463. The summed E-state index contributed by atoms with van der Waals surface area (Å²) < 4.78 is 0. The van der Waals surface area contributed by atoms with Crippen molar-refractivity contribution >= 4 is 29.1 Å². The van der Waals surface area contributed by atoms with E-state index in [0.717, 1.165) is 28.9 Å². The van der Waals surface area contributed by atoms with Crippen LogP contribution in [0.5, 0.6) is 0 Å². The molecule has 1 saturated heterocycles. The van der Waals surface area contributed by atoms with Gasteiger partial charge >= 0.3 is 0 Å². The highest BCUT2D eigenvalue weighted by Crippen LogP contribution is 2.39. The van der Waals surface area contributed by atoms with Crippen LogP contribution in [0, 0.1) is 32.1 Å². The number of hydrogen-bond donors (Lipinski definition) is 0. The van der Waals surface area contributed by atoms with E-state index in [4.69, 9.17) is 0 Å². The van der Waals surface area contributed by atoms with Crippen molar-refractivity contribution in [3.05, 3.63) is 79.9 Å². The van der Waals surface area contributed by atoms with E-state index in [9.17, 15) is 34.6 Å². The summed E-state index contributed by atoms with van der Waals surface area (Å²) in [6.07, 6.45) is 2.74. The van der Waals surface area contributed by atoms with Crippen LogP contribution < -0.4 is 0 Å². The van der Waals surface area contributed by atoms with Crippen LogP contribution >= 0.6 is 0 Å². The molecule has 1 heterocycles. The number of hydrogen-bond acceptors (Lipinski definition) is 7. The van der Waals surface area contributed by atoms with Gasteiger partial charge in [-0.1, -0.05) is 31.0 Å². The summed E-state index contributed by atoms with van der Waals surface area (Å²) in [7, 11) is 0. The van der Waals surface area contributed by atoms with Gasteiger partial charge in [-0.25, -0.2) is 5.01 Å². The Labute approximate surface area is 187 Å². The van der Waals surface area contributed by atoms with Crippen LogP contribution in [-0.4, -0.2) is 37.6 Å². The van der Waals surface area contributed by atoms with Gasteiger partial charge in [-0.15, -0.1) is 0 Å². The van der Waals surface area contributed by atoms with E-state index >= 15 is 0 Å². The summed E-state index contributed by atoms with van der Waals surface area (Å²) in [5, 5.41) is 24.0. The Kier molecular flexibility index (Phi) is 5.86. The minimum atomic E-state index is -0.752. The molecular formula is C22H20N4O7. The Morgan fingerprint density at radius 1 is 0.909 bits per heavy atom. The second-order valence-corrected chi connectivity index (χ2v) is 8.08. The van der Waals surface area contributed by atoms with Crippen LogP contribution in [0.2, 0.25) is 0 Å². The van der Waals surface area contributed by atoms with Gasteiger partial charge < -0.3 is 0 Å². The Morgan fingerprint density at radius 2 is 1.48 bits per heavy atom. The quantitative estimate of drug-likeness (QED) is 0.372. The van der Waals surface area contributed by atoms with Crippen molar-refractivity contribution in [2.45, 2.75) is 32.2 Å². The summed E-state index contributed by atoms with van der Waals surface area (Å²) in [5.74, 6) is -2.68. The van der Waals surface area contributed by atoms with Crippen molar-refractivity contribution in [2.24, 2.45) is 11.8 Å². The standard InChI is InChI=1S/C22H20N4O7/c27-20(15-4-3-5-17(12-15)26(32)33)23(13-14-8-10-16(11-9-14)25(30)31)24-21(28)18-6-1-2-7-19(18)22(24)29/h3-5,8-12,18-19H,1-2,6-7,13H2/t18-,19-/m1/s1. The third-order valence-corrected chi connectivity index (χ3v) is 6.08. The molecule has 0 radical (unpaired) electrons. The number of nitro benzene ring substituents is 2. The average molecular weight is 452 g/mol. The number of nitro groups is 2. The molecule has 0 unspecified atom stereocenters. The molecule has 0 aromatic heterocycles. The van der Waals surface area contributed by atoms with Gasteiger partial charge in [-0.3, -0.25) is 34.6 Å². The van der Waals surface area contributed by atoms with E-state index in [-0.39, 0.29) is 23.5 Å². The number of nitrogens with zero attached hydrogens (tertiary/aromatic N) is 4. The smallest absolute Gasteiger partial charge is 0.272 e. The zero-order valence-corrected chi connectivity index (χ0v) is 17.5. The summed E-state index contributed by atoms with van der Waals surface area (Å²) in [6.45, 7) is -0.212. The molecule has 1 aliphatic heterocycles. The lowest BCUT2D eigenvalue weighted by Crippen LogP contribution is -2.49. The lowest BCUT2D eigenvalue weighted by Gasteiger charge is -2.30. The molecule has 0 spiro atoms. The maximum absolute atomic E-state index is 13.4. The fraction of sp³-hybridized carbons (Fsp3) is 0.318. The van der Waals surface area contributed by atoms with Crippen molar-refractivity contribution in [3.63, 3.8) is 0 Å². The van der Waals surface area contributed by atoms with Crippen molar-refractivity contribution in [3.8, 4) is 0 Å². The molecule has 2 aromatic carbocycles. The topological polar surface area (TPSA) is 144 Å². The molecule has 2 aliphatic rings. The van der Waals surface area contributed by atoms with Crippen LogP contribution in [0.1, 0.15) is 41.6 Å². The minimum Gasteiger partial charge on any atom is -0.272 e. The Hall–Kier alpha value is -4.15. The average Bonchev–Trinajstić information content (AvgIpc) is 3.07. The van der Waals surface area contributed by atoms with Crippen LogP contribution in [0.15, 0.2) is 48.5 Å². The highest BCUT2D eigenvalue weighted by atomic mass is 16.6. The first-order chi connectivity index (χ1) is 15.8. The molecule has 3 amide bonds. The molecule has 2 aromatic rings. The number of amides is 3. The fourth-order valence-corrected chi connectivity index (χ4v) is 4.41. The van der Waals surface area contributed by atoms with E-state index in [1.807, 2.05) is 0 Å². The molecule has 11 heteroatoms. The van der Waals surface area contributed by atoms with E-state index in [1.54, 1.807) is 0 Å². The Balaban J connectivity index is 1.72. The van der Waals surface area contributed by atoms with Crippen LogP contribution in [0.3, 0.4) is 0 Å². The van der Waals surface area contributed by atoms with Crippen molar-refractivity contribution in [1.29, 1.82) is 0 Å². The number of hydrazine groups is 1. The molecule has 170 valence electrons. The van der Waals surface area contributed by atoms with Gasteiger partial charge in [-0.2, -0.15) is 5.01 Å². The highest BCUT2D eigenvalue weighted by molar-refractivity contribution is 6.07. The maximum atomic E-state index is 13.4. The number of carbonyl (C=O) groups is 3. The number of imide groups is 1. The summed E-state index contributed by atoms with van der Waals surface area (Å²) in [6, 6.07) is 10.4. The van der Waals surface area contributed by atoms with Gasteiger partial charge in [0, 0.05) is 29.8 Å². The lowest BCUT2D eigenvalue weighted by atomic mass is 9.81. The number of carbonyl (C=O) groups excluding carboxylic acids is 3. The fourth-order valence-electron chi connectivity index (χ4n) is 4.41. The molecular weight excluding hydrogens is 432 g/mol. The van der Waals surface area contributed by atoms with Gasteiger partial charge in [0.1, 0.15) is 0 Å². The van der Waals surface area contributed by atoms with Gasteiger partial charge in [0.25, 0.3) is 29.1 Å². The predicted octanol–water partition coefficient (Wildman–Crippen LogP) is 3.24. The molecule has 11 nitrogen and oxygen atoms in total. The van der Waals surface area contributed by atoms with Crippen LogP contribution in [0.25, 0.3) is 0 Å². The Morgan fingerprint density at radius 3 is 2.03 bits per heavy atom. The van der Waals surface area contributed by atoms with Gasteiger partial charge in [-0.05, 0) is 24.5 Å². The SMILES string of the molecule is O=C(c1cccc([N+](=O)[O-])c1)N(Cc1ccc([N+](=O)[O-])cc1)N1C(=O)[C@@H]2CCCC[C@H]2C1=O. The van der Waals surface area contributed by atoms with Crippen LogP contribution in [0.4, 0.5) is 11.4 Å². The molecule has 2 atom stereocenters. The van der Waals surface area contributed by atoms with Crippen molar-refractivity contribution in [2.75, 3.05) is 0 Å². The molecule has 0 N–H and O–H groups in total. The first-order valence-electron chi connectivity index (χ1n) is 10.5.